The van der Waals surface area contributed by atoms with Crippen molar-refractivity contribution in [2.45, 2.75) is 45.6 Å². The number of ether oxygens (including phenoxy) is 2. The maximum Gasteiger partial charge on any atom is 0.330 e. The lowest BCUT2D eigenvalue weighted by molar-refractivity contribution is -0.0326. The molecule has 2 aromatic rings. The van der Waals surface area contributed by atoms with Gasteiger partial charge in [-0.25, -0.2) is 4.79 Å². The minimum absolute atomic E-state index is 0.0376. The van der Waals surface area contributed by atoms with Crippen LogP contribution < -0.4 is 11.2 Å². The molecule has 1 N–H and O–H groups in total. The number of H-pyrrole nitrogens is 1. The van der Waals surface area contributed by atoms with E-state index in [1.807, 2.05) is 30.3 Å². The highest BCUT2D eigenvalue weighted by molar-refractivity contribution is 7.59. The van der Waals surface area contributed by atoms with Crippen molar-refractivity contribution in [1.29, 1.82) is 0 Å². The van der Waals surface area contributed by atoms with Gasteiger partial charge in [0.15, 0.2) is 5.85 Å². The summed E-state index contributed by atoms with van der Waals surface area (Å²) in [6, 6.07) is 9.62. The van der Waals surface area contributed by atoms with Gasteiger partial charge in [0.25, 0.3) is 5.56 Å². The van der Waals surface area contributed by atoms with Gasteiger partial charge in [-0.15, -0.1) is 0 Å². The summed E-state index contributed by atoms with van der Waals surface area (Å²) in [5, 5.41) is 0. The van der Waals surface area contributed by atoms with Crippen LogP contribution in [0, 0.1) is 6.92 Å². The second kappa shape index (κ2) is 8.57. The topological polar surface area (TPSA) is 99.6 Å². The molecule has 3 atom stereocenters. The van der Waals surface area contributed by atoms with E-state index < -0.39 is 30.7 Å². The summed E-state index contributed by atoms with van der Waals surface area (Å²) < 4.78 is 32.0. The number of aromatic amines is 1. The number of rotatable bonds is 7. The van der Waals surface area contributed by atoms with Gasteiger partial charge < -0.3 is 14.0 Å². The van der Waals surface area contributed by atoms with Crippen molar-refractivity contribution >= 4 is 7.37 Å². The van der Waals surface area contributed by atoms with E-state index in [0.717, 1.165) is 5.56 Å². The average molecular weight is 408 g/mol. The lowest BCUT2D eigenvalue weighted by Gasteiger charge is -2.21. The van der Waals surface area contributed by atoms with Crippen molar-refractivity contribution in [2.75, 3.05) is 12.8 Å². The molecule has 1 aliphatic heterocycles. The zero-order valence-electron chi connectivity index (χ0n) is 16.2. The smallest absolute Gasteiger partial charge is 0.330 e. The van der Waals surface area contributed by atoms with E-state index in [-0.39, 0.29) is 18.9 Å². The van der Waals surface area contributed by atoms with Crippen LogP contribution in [0.4, 0.5) is 0 Å². The first-order valence-electron chi connectivity index (χ1n) is 9.15. The first-order chi connectivity index (χ1) is 13.3. The monoisotopic (exact) mass is 408 g/mol. The maximum atomic E-state index is 13.4. The third-order valence-corrected chi connectivity index (χ3v) is 7.13. The second-order valence-electron chi connectivity index (χ2n) is 7.09. The summed E-state index contributed by atoms with van der Waals surface area (Å²) in [6.45, 7) is 5.61. The third kappa shape index (κ3) is 4.70. The van der Waals surface area contributed by atoms with Crippen LogP contribution in [0.3, 0.4) is 0 Å². The van der Waals surface area contributed by atoms with Crippen molar-refractivity contribution < 1.29 is 18.6 Å². The van der Waals surface area contributed by atoms with Gasteiger partial charge in [0.2, 0.25) is 7.37 Å². The van der Waals surface area contributed by atoms with Gasteiger partial charge in [0.1, 0.15) is 6.23 Å². The predicted molar refractivity (Wildman–Crippen MR) is 105 cm³/mol. The normalized spacial score (nSPS) is 24.7. The fourth-order valence-corrected chi connectivity index (χ4v) is 5.60. The molecule has 8 nitrogen and oxygen atoms in total. The second-order valence-corrected chi connectivity index (χ2v) is 9.69. The van der Waals surface area contributed by atoms with Crippen LogP contribution in [0.1, 0.15) is 31.2 Å². The Morgan fingerprint density at radius 2 is 2.00 bits per heavy atom. The SMILES string of the molecule is Cc1cn([C@H]2CP(=O)(OC(C)C)[C@@H](COCc3ccccc3)O2)c(=O)[nH]c1=O. The van der Waals surface area contributed by atoms with Crippen LogP contribution in [0.5, 0.6) is 0 Å². The molecule has 28 heavy (non-hydrogen) atoms. The van der Waals surface area contributed by atoms with Crippen LogP contribution >= 0.6 is 7.37 Å². The standard InChI is InChI=1S/C19H25N2O6P/c1-13(2)27-28(24)12-16(21-9-14(3)18(22)20-19(21)23)26-17(28)11-25-10-15-7-5-4-6-8-15/h4-9,13,16-17H,10-12H2,1-3H3,(H,20,22,23)/t16-,17+,28?/m1/s1. The molecule has 0 spiro atoms. The molecule has 0 amide bonds. The number of aromatic nitrogens is 2. The molecule has 0 bridgehead atoms. The van der Waals surface area contributed by atoms with Crippen molar-refractivity contribution in [2.24, 2.45) is 0 Å². The van der Waals surface area contributed by atoms with Gasteiger partial charge in [-0.3, -0.25) is 18.9 Å². The van der Waals surface area contributed by atoms with Crippen LogP contribution in [0.2, 0.25) is 0 Å². The summed E-state index contributed by atoms with van der Waals surface area (Å²) in [5.41, 5.74) is 0.293. The zero-order valence-corrected chi connectivity index (χ0v) is 17.1. The highest BCUT2D eigenvalue weighted by Crippen LogP contribution is 2.61. The van der Waals surface area contributed by atoms with Gasteiger partial charge in [0.05, 0.1) is 25.5 Å². The summed E-state index contributed by atoms with van der Waals surface area (Å²) in [6.07, 6.45) is 0.395. The molecule has 0 saturated carbocycles. The molecule has 9 heteroatoms. The molecule has 1 unspecified atom stereocenters. The van der Waals surface area contributed by atoms with Crippen molar-refractivity contribution in [3.63, 3.8) is 0 Å². The Hall–Kier alpha value is -1.99. The third-order valence-electron chi connectivity index (χ3n) is 4.38. The molecular formula is C19H25N2O6P. The zero-order chi connectivity index (χ0) is 20.3. The van der Waals surface area contributed by atoms with E-state index in [2.05, 4.69) is 4.98 Å². The molecule has 1 saturated heterocycles. The quantitative estimate of drug-likeness (QED) is 0.707. The van der Waals surface area contributed by atoms with Gasteiger partial charge in [-0.1, -0.05) is 30.3 Å². The predicted octanol–water partition coefficient (Wildman–Crippen LogP) is 2.62. The van der Waals surface area contributed by atoms with Gasteiger partial charge in [-0.05, 0) is 26.3 Å². The van der Waals surface area contributed by atoms with Crippen molar-refractivity contribution in [3.05, 3.63) is 68.5 Å². The van der Waals surface area contributed by atoms with Gasteiger partial charge in [0, 0.05) is 11.8 Å². The number of benzene rings is 1. The minimum Gasteiger partial charge on any atom is -0.373 e. The molecule has 2 heterocycles. The van der Waals surface area contributed by atoms with E-state index in [4.69, 9.17) is 14.0 Å². The fraction of sp³-hybridized carbons (Fsp3) is 0.474. The highest BCUT2D eigenvalue weighted by Gasteiger charge is 2.47. The Morgan fingerprint density at radius 1 is 1.29 bits per heavy atom. The Labute approximate surface area is 162 Å². The molecule has 1 fully saturated rings. The largest absolute Gasteiger partial charge is 0.373 e. The van der Waals surface area contributed by atoms with Gasteiger partial charge >= 0.3 is 5.69 Å². The fourth-order valence-electron chi connectivity index (χ4n) is 3.08. The minimum atomic E-state index is -3.22. The summed E-state index contributed by atoms with van der Waals surface area (Å²) in [7, 11) is -3.22. The lowest BCUT2D eigenvalue weighted by Crippen LogP contribution is -2.34. The molecule has 0 radical (unpaired) electrons. The highest BCUT2D eigenvalue weighted by atomic mass is 31.2. The summed E-state index contributed by atoms with van der Waals surface area (Å²) in [5.74, 6) is -0.789. The summed E-state index contributed by atoms with van der Waals surface area (Å²) >= 11 is 0. The molecular weight excluding hydrogens is 383 g/mol. The van der Waals surface area contributed by atoms with Crippen LogP contribution in [-0.4, -0.2) is 34.3 Å². The van der Waals surface area contributed by atoms with Gasteiger partial charge in [-0.2, -0.15) is 0 Å². The van der Waals surface area contributed by atoms with Crippen LogP contribution in [0.25, 0.3) is 0 Å². The molecule has 1 aromatic heterocycles. The van der Waals surface area contributed by atoms with E-state index in [1.165, 1.54) is 10.8 Å². The maximum absolute atomic E-state index is 13.4. The van der Waals surface area contributed by atoms with E-state index >= 15 is 0 Å². The van der Waals surface area contributed by atoms with E-state index in [1.54, 1.807) is 20.8 Å². The Balaban J connectivity index is 1.78. The Bertz CT molecular complexity index is 968. The molecule has 1 aliphatic rings. The first-order valence-corrected chi connectivity index (χ1v) is 11.0. The van der Waals surface area contributed by atoms with Crippen LogP contribution in [-0.2, 0) is 25.2 Å². The first kappa shape index (κ1) is 20.7. The average Bonchev–Trinajstić information content (AvgIpc) is 2.94. The Morgan fingerprint density at radius 3 is 2.68 bits per heavy atom. The van der Waals surface area contributed by atoms with Crippen molar-refractivity contribution in [1.82, 2.24) is 9.55 Å². The number of nitrogens with one attached hydrogen (secondary N) is 1. The summed E-state index contributed by atoms with van der Waals surface area (Å²) in [4.78, 5) is 26.0. The van der Waals surface area contributed by atoms with Crippen molar-refractivity contribution in [3.8, 4) is 0 Å². The Kier molecular flexibility index (Phi) is 6.35. The molecule has 3 rings (SSSR count). The number of nitrogens with zero attached hydrogens (tertiary/aromatic N) is 1. The number of hydrogen-bond acceptors (Lipinski definition) is 6. The molecule has 152 valence electrons. The number of aryl methyl sites for hydroxylation is 1. The number of hydrogen-bond donors (Lipinski definition) is 1. The molecule has 1 aromatic carbocycles. The van der Waals surface area contributed by atoms with E-state index in [0.29, 0.717) is 12.2 Å². The van der Waals surface area contributed by atoms with Crippen LogP contribution in [0.15, 0.2) is 46.1 Å². The van der Waals surface area contributed by atoms with E-state index in [9.17, 15) is 14.2 Å². The lowest BCUT2D eigenvalue weighted by atomic mass is 10.2. The molecule has 0 aliphatic carbocycles.